The van der Waals surface area contributed by atoms with Crippen LogP contribution in [0.4, 0.5) is 0 Å². The molecule has 4 saturated carbocycles. The molecule has 0 unspecified atom stereocenters. The van der Waals surface area contributed by atoms with Gasteiger partial charge in [0.15, 0.2) is 0 Å². The molecule has 0 spiro atoms. The van der Waals surface area contributed by atoms with Gasteiger partial charge in [0.05, 0.1) is 13.2 Å². The number of rotatable bonds is 16. The molecule has 8 rings (SSSR count). The second-order valence-electron chi connectivity index (χ2n) is 16.3. The first kappa shape index (κ1) is 37.5. The van der Waals surface area contributed by atoms with Crippen molar-refractivity contribution in [1.29, 1.82) is 0 Å². The molecule has 3 N–H and O–H groups in total. The fraction of sp³-hybridized carbons (Fsp3) is 0.581. The van der Waals surface area contributed by atoms with Crippen LogP contribution in [0.15, 0.2) is 48.5 Å². The Morgan fingerprint density at radius 2 is 1.47 bits per heavy atom. The Morgan fingerprint density at radius 3 is 2.11 bits per heavy atom. The van der Waals surface area contributed by atoms with Crippen LogP contribution in [0, 0.1) is 17.8 Å². The van der Waals surface area contributed by atoms with Crippen molar-refractivity contribution in [2.45, 2.75) is 120 Å². The van der Waals surface area contributed by atoms with Gasteiger partial charge in [-0.1, -0.05) is 68.9 Å². The van der Waals surface area contributed by atoms with Gasteiger partial charge >= 0.3 is 5.97 Å². The summed E-state index contributed by atoms with van der Waals surface area (Å²) in [7, 11) is 1.33. The predicted octanol–water partition coefficient (Wildman–Crippen LogP) is 7.75. The minimum absolute atomic E-state index is 0.127. The van der Waals surface area contributed by atoms with Crippen molar-refractivity contribution >= 4 is 46.2 Å². The smallest absolute Gasteiger partial charge is 0.328 e. The van der Waals surface area contributed by atoms with Crippen LogP contribution in [-0.2, 0) is 25.5 Å². The molecule has 1 aromatic heterocycles. The first-order valence-electron chi connectivity index (χ1n) is 20.0. The Hall–Kier alpha value is -3.85. The molecule has 4 fully saturated rings. The third-order valence-corrected chi connectivity index (χ3v) is 12.8. The minimum atomic E-state index is -0.834. The maximum atomic E-state index is 13.3. The van der Waals surface area contributed by atoms with E-state index in [-0.39, 0.29) is 29.1 Å². The summed E-state index contributed by atoms with van der Waals surface area (Å²) < 4.78 is 5.13. The van der Waals surface area contributed by atoms with E-state index in [4.69, 9.17) is 16.3 Å². The van der Waals surface area contributed by atoms with Gasteiger partial charge in [-0.05, 0) is 98.4 Å². The number of nitrogens with zero attached hydrogens (tertiary/aromatic N) is 1. The van der Waals surface area contributed by atoms with E-state index in [2.05, 4.69) is 15.6 Å². The third-order valence-electron chi connectivity index (χ3n) is 12.6. The number of nitrogens with one attached hydrogen (secondary N) is 3. The number of carbonyl (C=O) groups excluding carboxylic acids is 4. The number of hydrogen-bond donors (Lipinski definition) is 3. The van der Waals surface area contributed by atoms with Crippen molar-refractivity contribution in [3.63, 3.8) is 0 Å². The van der Waals surface area contributed by atoms with Crippen molar-refractivity contribution in [1.82, 2.24) is 20.5 Å². The molecule has 53 heavy (non-hydrogen) atoms. The van der Waals surface area contributed by atoms with Gasteiger partial charge < -0.3 is 25.3 Å². The van der Waals surface area contributed by atoms with Gasteiger partial charge in [-0.3, -0.25) is 14.4 Å². The van der Waals surface area contributed by atoms with E-state index in [1.807, 2.05) is 36.4 Å². The van der Waals surface area contributed by atoms with Gasteiger partial charge in [0, 0.05) is 47.1 Å². The Labute approximate surface area is 318 Å². The van der Waals surface area contributed by atoms with E-state index in [0.29, 0.717) is 24.9 Å². The third kappa shape index (κ3) is 8.30. The first-order chi connectivity index (χ1) is 25.8. The molecule has 10 heteroatoms. The number of amides is 3. The van der Waals surface area contributed by atoms with Crippen molar-refractivity contribution in [2.24, 2.45) is 17.8 Å². The number of esters is 1. The Morgan fingerprint density at radius 1 is 0.849 bits per heavy atom. The molecule has 1 aliphatic heterocycles. The molecule has 3 amide bonds. The first-order valence-corrected chi connectivity index (χ1v) is 20.5. The summed E-state index contributed by atoms with van der Waals surface area (Å²) >= 11 is 6.07. The van der Waals surface area contributed by atoms with Gasteiger partial charge in [0.25, 0.3) is 5.91 Å². The Kier molecular flexibility index (Phi) is 11.8. The number of para-hydroxylation sites is 1. The normalized spacial score (nSPS) is 25.6. The van der Waals surface area contributed by atoms with E-state index < -0.39 is 18.1 Å². The molecule has 9 nitrogen and oxygen atoms in total. The summed E-state index contributed by atoms with van der Waals surface area (Å²) in [6, 6.07) is 13.7. The summed E-state index contributed by atoms with van der Waals surface area (Å²) in [6.45, 7) is 0.610. The largest absolute Gasteiger partial charge is 0.467 e. The number of ether oxygens (including phenoxy) is 1. The molecule has 3 aromatic rings. The number of hydrogen-bond acceptors (Lipinski definition) is 5. The fourth-order valence-electron chi connectivity index (χ4n) is 10.5. The van der Waals surface area contributed by atoms with E-state index >= 15 is 0 Å². The van der Waals surface area contributed by atoms with Crippen LogP contribution in [0.5, 0.6) is 0 Å². The summed E-state index contributed by atoms with van der Waals surface area (Å²) in [5, 5.41) is 7.56. The van der Waals surface area contributed by atoms with Crippen LogP contribution in [-0.4, -0.2) is 64.7 Å². The van der Waals surface area contributed by atoms with Crippen LogP contribution < -0.4 is 10.6 Å². The number of carbonyl (C=O) groups is 4. The number of alkyl halides is 1. The zero-order valence-corrected chi connectivity index (χ0v) is 31.9. The molecule has 4 bridgehead atoms. The van der Waals surface area contributed by atoms with Crippen LogP contribution in [0.3, 0.4) is 0 Å². The van der Waals surface area contributed by atoms with Gasteiger partial charge in [-0.15, -0.1) is 11.6 Å². The van der Waals surface area contributed by atoms with Gasteiger partial charge in [0.1, 0.15) is 11.9 Å². The number of aromatic nitrogens is 1. The lowest BCUT2D eigenvalue weighted by molar-refractivity contribution is -0.154. The lowest BCUT2D eigenvalue weighted by Gasteiger charge is -2.56. The highest BCUT2D eigenvalue weighted by Gasteiger charge is 2.51. The summed E-state index contributed by atoms with van der Waals surface area (Å²) in [6.07, 6.45) is 17.6. The average molecular weight is 743 g/mol. The zero-order valence-electron chi connectivity index (χ0n) is 31.1. The number of halogens is 1. The maximum Gasteiger partial charge on any atom is 0.328 e. The molecular weight excluding hydrogens is 688 g/mol. The van der Waals surface area contributed by atoms with Crippen LogP contribution in [0.2, 0.25) is 0 Å². The van der Waals surface area contributed by atoms with E-state index in [9.17, 15) is 19.2 Å². The number of aromatic amines is 1. The molecule has 284 valence electrons. The molecular formula is C43H55ClN4O5. The fourth-order valence-corrected chi connectivity index (χ4v) is 10.7. The highest BCUT2D eigenvalue weighted by Crippen LogP contribution is 2.55. The minimum Gasteiger partial charge on any atom is -0.467 e. The summed E-state index contributed by atoms with van der Waals surface area (Å²) in [4.78, 5) is 57.1. The molecule has 0 radical (unpaired) electrons. The Bertz CT molecular complexity index is 1750. The van der Waals surface area contributed by atoms with Crippen LogP contribution in [0.1, 0.15) is 130 Å². The molecule has 0 saturated heterocycles. The van der Waals surface area contributed by atoms with Gasteiger partial charge in [-0.25, -0.2) is 4.79 Å². The second-order valence-corrected chi connectivity index (χ2v) is 16.6. The lowest BCUT2D eigenvalue weighted by atomic mass is 9.53. The topological polar surface area (TPSA) is 121 Å². The number of unbranched alkanes of at least 4 members (excludes halogenated alkanes) is 7. The highest BCUT2D eigenvalue weighted by molar-refractivity contribution is 6.27. The van der Waals surface area contributed by atoms with E-state index in [0.717, 1.165) is 77.6 Å². The van der Waals surface area contributed by atoms with Crippen LogP contribution >= 0.6 is 11.6 Å². The van der Waals surface area contributed by atoms with Gasteiger partial charge in [-0.2, -0.15) is 0 Å². The number of fused-ring (bicyclic) bond motifs is 3. The summed E-state index contributed by atoms with van der Waals surface area (Å²) in [5.74, 6) is 1.56. The number of H-pyrrole nitrogens is 1. The molecule has 5 aliphatic rings. The SMILES string of the molecule is COC(=O)[C@H]1Cc2c([nH]c3ccccc23)[C@H](c2ccc(C(=O)NCCCCCCCCCCC(=O)NC34CC5CC(CC(C5)C3)C4)cc2)N1C(=O)CCl. The van der Waals surface area contributed by atoms with Crippen molar-refractivity contribution in [3.05, 3.63) is 70.9 Å². The lowest BCUT2D eigenvalue weighted by Crippen LogP contribution is -2.59. The number of benzene rings is 2. The van der Waals surface area contributed by atoms with Crippen molar-refractivity contribution in [3.8, 4) is 0 Å². The van der Waals surface area contributed by atoms with E-state index in [1.54, 1.807) is 12.1 Å². The zero-order chi connectivity index (χ0) is 37.0. The molecule has 2 heterocycles. The molecule has 2 atom stereocenters. The Balaban J connectivity index is 0.826. The monoisotopic (exact) mass is 742 g/mol. The van der Waals surface area contributed by atoms with Crippen molar-refractivity contribution < 1.29 is 23.9 Å². The quantitative estimate of drug-likeness (QED) is 0.0788. The average Bonchev–Trinajstić information content (AvgIpc) is 3.53. The summed E-state index contributed by atoms with van der Waals surface area (Å²) in [5.41, 5.74) is 4.15. The maximum absolute atomic E-state index is 13.3. The van der Waals surface area contributed by atoms with Gasteiger partial charge in [0.2, 0.25) is 11.8 Å². The van der Waals surface area contributed by atoms with Crippen LogP contribution in [0.25, 0.3) is 10.9 Å². The predicted molar refractivity (Wildman–Crippen MR) is 207 cm³/mol. The van der Waals surface area contributed by atoms with Crippen molar-refractivity contribution in [2.75, 3.05) is 19.5 Å². The molecule has 4 aliphatic carbocycles. The second kappa shape index (κ2) is 16.7. The highest BCUT2D eigenvalue weighted by atomic mass is 35.5. The standard InChI is InChI=1S/C43H55ClN4O5/c1-53-42(52)36-23-34-33-12-9-10-13-35(33)46-39(34)40(48(36)38(50)27-44)31-15-17-32(18-16-31)41(51)45-19-11-7-5-3-2-4-6-8-14-37(49)47-43-24-28-20-29(25-43)22-30(21-28)26-43/h9-10,12-13,15-18,28-30,36,40,46H,2-8,11,14,19-27H2,1H3,(H,45,51)(H,47,49)/t28?,29?,30?,36-,40+,43?/m1/s1. The number of methoxy groups -OCH3 is 1. The van der Waals surface area contributed by atoms with E-state index in [1.165, 1.54) is 69.8 Å². The molecule has 2 aromatic carbocycles.